The Morgan fingerprint density at radius 2 is 1.75 bits per heavy atom. The highest BCUT2D eigenvalue weighted by Crippen LogP contribution is 2.47. The van der Waals surface area contributed by atoms with E-state index >= 15 is 0 Å². The van der Waals surface area contributed by atoms with Crippen LogP contribution in [0.15, 0.2) is 58.2 Å². The van der Waals surface area contributed by atoms with Crippen LogP contribution in [-0.4, -0.2) is 13.4 Å². The molecule has 0 saturated heterocycles. The SMILES string of the molecule is Cc1c2c([nH]c(=O)c1C(c1cccc(NS(=O)(=O)c3ccc(C#N)cc3)c1)C1CC1)CCCCCC2. The van der Waals surface area contributed by atoms with E-state index in [-0.39, 0.29) is 16.4 Å². The van der Waals surface area contributed by atoms with Crippen LogP contribution >= 0.6 is 0 Å². The number of benzene rings is 2. The molecule has 5 rings (SSSR count). The molecule has 2 N–H and O–H groups in total. The highest BCUT2D eigenvalue weighted by atomic mass is 32.2. The van der Waals surface area contributed by atoms with Gasteiger partial charge >= 0.3 is 0 Å². The summed E-state index contributed by atoms with van der Waals surface area (Å²) in [6.45, 7) is 2.10. The summed E-state index contributed by atoms with van der Waals surface area (Å²) in [7, 11) is -3.81. The van der Waals surface area contributed by atoms with Gasteiger partial charge in [-0.1, -0.05) is 25.0 Å². The first-order chi connectivity index (χ1) is 17.4. The summed E-state index contributed by atoms with van der Waals surface area (Å²) < 4.78 is 28.6. The molecule has 0 radical (unpaired) electrons. The lowest BCUT2D eigenvalue weighted by atomic mass is 9.82. The summed E-state index contributed by atoms with van der Waals surface area (Å²) in [5.41, 5.74) is 6.15. The van der Waals surface area contributed by atoms with Crippen LogP contribution in [0.4, 0.5) is 5.69 Å². The Kier molecular flexibility index (Phi) is 6.72. The number of aryl methyl sites for hydroxylation is 1. The summed E-state index contributed by atoms with van der Waals surface area (Å²) in [6.07, 6.45) is 8.71. The van der Waals surface area contributed by atoms with Crippen LogP contribution in [0.5, 0.6) is 0 Å². The van der Waals surface area contributed by atoms with E-state index in [0.717, 1.165) is 60.9 Å². The van der Waals surface area contributed by atoms with Crippen LogP contribution in [0.25, 0.3) is 0 Å². The van der Waals surface area contributed by atoms with Crippen molar-refractivity contribution < 1.29 is 8.42 Å². The number of hydrogen-bond acceptors (Lipinski definition) is 4. The Bertz CT molecular complexity index is 1480. The number of pyridine rings is 1. The maximum absolute atomic E-state index is 13.4. The van der Waals surface area contributed by atoms with E-state index in [9.17, 15) is 13.2 Å². The number of H-pyrrole nitrogens is 1. The average molecular weight is 502 g/mol. The summed E-state index contributed by atoms with van der Waals surface area (Å²) in [5.74, 6) is 0.311. The normalized spacial score (nSPS) is 16.8. The molecule has 1 unspecified atom stereocenters. The number of nitrogens with zero attached hydrogens (tertiary/aromatic N) is 1. The van der Waals surface area contributed by atoms with Crippen molar-refractivity contribution >= 4 is 15.7 Å². The van der Waals surface area contributed by atoms with Crippen molar-refractivity contribution in [1.82, 2.24) is 4.98 Å². The first-order valence-corrected chi connectivity index (χ1v) is 14.2. The number of anilines is 1. The fraction of sp³-hybridized carbons (Fsp3) is 0.379. The molecule has 2 aromatic carbocycles. The summed E-state index contributed by atoms with van der Waals surface area (Å²) in [6, 6.07) is 15.3. The molecule has 1 saturated carbocycles. The highest BCUT2D eigenvalue weighted by Gasteiger charge is 2.37. The van der Waals surface area contributed by atoms with Crippen LogP contribution in [-0.2, 0) is 22.9 Å². The van der Waals surface area contributed by atoms with Gasteiger partial charge in [-0.2, -0.15) is 5.26 Å². The number of fused-ring (bicyclic) bond motifs is 1. The topological polar surface area (TPSA) is 103 Å². The lowest BCUT2D eigenvalue weighted by Crippen LogP contribution is -2.24. The average Bonchev–Trinajstić information content (AvgIpc) is 3.68. The molecule has 1 atom stereocenters. The molecular weight excluding hydrogens is 470 g/mol. The van der Waals surface area contributed by atoms with Gasteiger partial charge in [0.2, 0.25) is 0 Å². The van der Waals surface area contributed by atoms with E-state index in [1.807, 2.05) is 24.3 Å². The lowest BCUT2D eigenvalue weighted by Gasteiger charge is -2.24. The van der Waals surface area contributed by atoms with E-state index in [4.69, 9.17) is 5.26 Å². The Morgan fingerprint density at radius 1 is 1.03 bits per heavy atom. The summed E-state index contributed by atoms with van der Waals surface area (Å²) in [5, 5.41) is 8.98. The van der Waals surface area contributed by atoms with Crippen LogP contribution in [0, 0.1) is 24.2 Å². The van der Waals surface area contributed by atoms with Gasteiger partial charge in [-0.05, 0) is 104 Å². The van der Waals surface area contributed by atoms with Gasteiger partial charge in [0.25, 0.3) is 15.6 Å². The Balaban J connectivity index is 1.50. The van der Waals surface area contributed by atoms with Gasteiger partial charge in [-0.3, -0.25) is 9.52 Å². The Morgan fingerprint density at radius 3 is 2.44 bits per heavy atom. The van der Waals surface area contributed by atoms with Gasteiger partial charge < -0.3 is 4.98 Å². The molecule has 0 bridgehead atoms. The van der Waals surface area contributed by atoms with Gasteiger partial charge in [0.15, 0.2) is 0 Å². The zero-order valence-corrected chi connectivity index (χ0v) is 21.3. The fourth-order valence-electron chi connectivity index (χ4n) is 5.54. The fourth-order valence-corrected chi connectivity index (χ4v) is 6.59. The van der Waals surface area contributed by atoms with Crippen molar-refractivity contribution in [2.24, 2.45) is 5.92 Å². The number of nitrogens with one attached hydrogen (secondary N) is 2. The molecule has 2 aliphatic carbocycles. The first kappa shape index (κ1) is 24.3. The maximum atomic E-state index is 13.4. The minimum atomic E-state index is -3.81. The molecule has 7 heteroatoms. The Hall–Kier alpha value is -3.37. The highest BCUT2D eigenvalue weighted by molar-refractivity contribution is 7.92. The van der Waals surface area contributed by atoms with Crippen molar-refractivity contribution in [2.75, 3.05) is 4.72 Å². The van der Waals surface area contributed by atoms with Gasteiger partial charge in [0, 0.05) is 22.9 Å². The second kappa shape index (κ2) is 9.94. The van der Waals surface area contributed by atoms with Gasteiger partial charge in [0.05, 0.1) is 16.5 Å². The van der Waals surface area contributed by atoms with Crippen molar-refractivity contribution in [1.29, 1.82) is 5.26 Å². The molecule has 1 fully saturated rings. The first-order valence-electron chi connectivity index (χ1n) is 12.7. The van der Waals surface area contributed by atoms with E-state index in [0.29, 0.717) is 17.2 Å². The summed E-state index contributed by atoms with van der Waals surface area (Å²) >= 11 is 0. The van der Waals surface area contributed by atoms with Crippen LogP contribution in [0.3, 0.4) is 0 Å². The third kappa shape index (κ3) is 4.96. The third-order valence-corrected chi connectivity index (χ3v) is 8.93. The molecule has 2 aliphatic rings. The van der Waals surface area contributed by atoms with Crippen LogP contribution in [0.1, 0.15) is 78.0 Å². The number of sulfonamides is 1. The van der Waals surface area contributed by atoms with Gasteiger partial charge in [-0.15, -0.1) is 0 Å². The monoisotopic (exact) mass is 501 g/mol. The molecule has 0 aliphatic heterocycles. The van der Waals surface area contributed by atoms with Crippen LogP contribution < -0.4 is 10.3 Å². The zero-order valence-electron chi connectivity index (χ0n) is 20.5. The lowest BCUT2D eigenvalue weighted by molar-refractivity contribution is 0.600. The predicted octanol–water partition coefficient (Wildman–Crippen LogP) is 5.56. The molecule has 3 aromatic rings. The Labute approximate surface area is 212 Å². The quantitative estimate of drug-likeness (QED) is 0.462. The summed E-state index contributed by atoms with van der Waals surface area (Å²) in [4.78, 5) is 16.7. The molecule has 36 heavy (non-hydrogen) atoms. The second-order valence-corrected chi connectivity index (χ2v) is 11.7. The van der Waals surface area contributed by atoms with Crippen molar-refractivity contribution in [3.8, 4) is 6.07 Å². The van der Waals surface area contributed by atoms with E-state index in [2.05, 4.69) is 16.6 Å². The largest absolute Gasteiger partial charge is 0.326 e. The van der Waals surface area contributed by atoms with Gasteiger partial charge in [-0.25, -0.2) is 8.42 Å². The molecule has 0 spiro atoms. The molecule has 1 heterocycles. The zero-order chi connectivity index (χ0) is 25.3. The number of aromatic nitrogens is 1. The van der Waals surface area contributed by atoms with Crippen molar-refractivity contribution in [2.45, 2.75) is 69.1 Å². The number of rotatable bonds is 6. The standard InChI is InChI=1S/C29H31N3O3S/c1-19-25-9-4-2-3-5-10-26(25)31-29(33)27(19)28(21-13-14-21)22-7-6-8-23(17-22)32-36(34,35)24-15-11-20(18-30)12-16-24/h6-8,11-12,15-17,21,28,32H,2-5,9-10,13-14H2,1H3,(H,31,33). The molecule has 186 valence electrons. The van der Waals surface area contributed by atoms with Crippen LogP contribution in [0.2, 0.25) is 0 Å². The minimum Gasteiger partial charge on any atom is -0.326 e. The molecule has 6 nitrogen and oxygen atoms in total. The number of aromatic amines is 1. The minimum absolute atomic E-state index is 0.00714. The maximum Gasteiger partial charge on any atom is 0.261 e. The third-order valence-electron chi connectivity index (χ3n) is 7.53. The van der Waals surface area contributed by atoms with Crippen molar-refractivity contribution in [3.05, 3.63) is 92.4 Å². The van der Waals surface area contributed by atoms with E-state index in [1.54, 1.807) is 6.07 Å². The van der Waals surface area contributed by atoms with Crippen molar-refractivity contribution in [3.63, 3.8) is 0 Å². The second-order valence-electron chi connectivity index (χ2n) is 10.0. The number of hydrogen-bond donors (Lipinski definition) is 2. The molecular formula is C29H31N3O3S. The van der Waals surface area contributed by atoms with E-state index < -0.39 is 10.0 Å². The molecule has 1 aromatic heterocycles. The number of nitriles is 1. The van der Waals surface area contributed by atoms with E-state index in [1.165, 1.54) is 42.7 Å². The molecule has 0 amide bonds. The van der Waals surface area contributed by atoms with Gasteiger partial charge in [0.1, 0.15) is 0 Å². The smallest absolute Gasteiger partial charge is 0.261 e. The predicted molar refractivity (Wildman–Crippen MR) is 141 cm³/mol.